The van der Waals surface area contributed by atoms with E-state index in [2.05, 4.69) is 6.58 Å². The maximum atomic E-state index is 14.0. The summed E-state index contributed by atoms with van der Waals surface area (Å²) in [5, 5.41) is 9.71. The second-order valence-electron chi connectivity index (χ2n) is 9.08. The molecule has 154 valence electrons. The standard InChI is InChI=1S/C21H28F2N2O3/c1-8-16(19(2,3)4)25-17(26)20(5,6)24(18(27)28)12-21(25,7)13-9-14(22)11-15(23)10-13/h8-11,16H,1,12H2,2-7H3,(H,27,28)/t16?,21-/m0/s1. The minimum absolute atomic E-state index is 0.135. The molecule has 7 heteroatoms. The average molecular weight is 394 g/mol. The maximum absolute atomic E-state index is 14.0. The van der Waals surface area contributed by atoms with Crippen molar-refractivity contribution in [2.45, 2.75) is 58.7 Å². The van der Waals surface area contributed by atoms with Crippen LogP contribution in [0.15, 0.2) is 30.9 Å². The Balaban J connectivity index is 2.80. The first-order chi connectivity index (χ1) is 12.7. The Kier molecular flexibility index (Phi) is 5.36. The molecule has 28 heavy (non-hydrogen) atoms. The van der Waals surface area contributed by atoms with Crippen molar-refractivity contribution in [3.8, 4) is 0 Å². The summed E-state index contributed by atoms with van der Waals surface area (Å²) in [6, 6.07) is 2.54. The molecule has 2 amide bonds. The van der Waals surface area contributed by atoms with Crippen LogP contribution in [0.5, 0.6) is 0 Å². The number of benzene rings is 1. The molecule has 0 radical (unpaired) electrons. The molecule has 1 aromatic rings. The van der Waals surface area contributed by atoms with Crippen LogP contribution in [0.3, 0.4) is 0 Å². The summed E-state index contributed by atoms with van der Waals surface area (Å²) >= 11 is 0. The van der Waals surface area contributed by atoms with Gasteiger partial charge in [0.2, 0.25) is 5.91 Å². The number of hydrogen-bond acceptors (Lipinski definition) is 2. The molecule has 1 fully saturated rings. The van der Waals surface area contributed by atoms with Crippen LogP contribution in [-0.2, 0) is 10.3 Å². The normalized spacial score (nSPS) is 23.5. The lowest BCUT2D eigenvalue weighted by Gasteiger charge is -2.58. The summed E-state index contributed by atoms with van der Waals surface area (Å²) in [5.74, 6) is -2.03. The summed E-state index contributed by atoms with van der Waals surface area (Å²) < 4.78 is 28.0. The number of carbonyl (C=O) groups excluding carboxylic acids is 1. The number of hydrogen-bond donors (Lipinski definition) is 1. The van der Waals surface area contributed by atoms with Gasteiger partial charge in [0.05, 0.1) is 18.1 Å². The van der Waals surface area contributed by atoms with Crippen molar-refractivity contribution < 1.29 is 23.5 Å². The van der Waals surface area contributed by atoms with Gasteiger partial charge in [-0.1, -0.05) is 26.8 Å². The van der Waals surface area contributed by atoms with E-state index in [1.807, 2.05) is 20.8 Å². The van der Waals surface area contributed by atoms with Gasteiger partial charge < -0.3 is 10.0 Å². The molecule has 1 unspecified atom stereocenters. The van der Waals surface area contributed by atoms with E-state index in [-0.39, 0.29) is 12.1 Å². The second-order valence-corrected chi connectivity index (χ2v) is 9.08. The van der Waals surface area contributed by atoms with E-state index in [4.69, 9.17) is 0 Å². The lowest BCUT2D eigenvalue weighted by atomic mass is 9.76. The van der Waals surface area contributed by atoms with E-state index in [1.54, 1.807) is 13.0 Å². The topological polar surface area (TPSA) is 60.9 Å². The molecule has 1 heterocycles. The van der Waals surface area contributed by atoms with Crippen molar-refractivity contribution in [2.75, 3.05) is 6.54 Å². The third-order valence-electron chi connectivity index (χ3n) is 5.52. The van der Waals surface area contributed by atoms with Gasteiger partial charge in [-0.2, -0.15) is 0 Å². The van der Waals surface area contributed by atoms with Gasteiger partial charge in [-0.3, -0.25) is 9.69 Å². The van der Waals surface area contributed by atoms with Gasteiger partial charge in [-0.25, -0.2) is 13.6 Å². The van der Waals surface area contributed by atoms with E-state index in [1.165, 1.54) is 18.7 Å². The highest BCUT2D eigenvalue weighted by atomic mass is 19.1. The van der Waals surface area contributed by atoms with E-state index >= 15 is 0 Å². The lowest BCUT2D eigenvalue weighted by Crippen LogP contribution is -2.73. The number of amides is 2. The molecule has 2 rings (SSSR count). The highest BCUT2D eigenvalue weighted by molar-refractivity contribution is 5.91. The largest absolute Gasteiger partial charge is 0.465 e. The number of halogens is 2. The number of nitrogens with zero attached hydrogens (tertiary/aromatic N) is 2. The highest BCUT2D eigenvalue weighted by Gasteiger charge is 2.57. The van der Waals surface area contributed by atoms with Crippen LogP contribution in [0, 0.1) is 17.0 Å². The zero-order chi connectivity index (χ0) is 21.7. The molecule has 0 aromatic heterocycles. The first kappa shape index (κ1) is 21.9. The van der Waals surface area contributed by atoms with Crippen molar-refractivity contribution in [3.63, 3.8) is 0 Å². The summed E-state index contributed by atoms with van der Waals surface area (Å²) in [5.41, 5.74) is -2.88. The summed E-state index contributed by atoms with van der Waals surface area (Å²) in [4.78, 5) is 28.0. The number of carboxylic acid groups (broad SMARTS) is 1. The maximum Gasteiger partial charge on any atom is 0.408 e. The lowest BCUT2D eigenvalue weighted by molar-refractivity contribution is -0.166. The predicted molar refractivity (Wildman–Crippen MR) is 103 cm³/mol. The zero-order valence-electron chi connectivity index (χ0n) is 17.2. The Morgan fingerprint density at radius 3 is 2.11 bits per heavy atom. The predicted octanol–water partition coefficient (Wildman–Crippen LogP) is 4.38. The van der Waals surface area contributed by atoms with Crippen LogP contribution in [0.25, 0.3) is 0 Å². The fourth-order valence-corrected chi connectivity index (χ4v) is 3.90. The zero-order valence-corrected chi connectivity index (χ0v) is 17.2. The van der Waals surface area contributed by atoms with Crippen LogP contribution in [0.4, 0.5) is 13.6 Å². The van der Waals surface area contributed by atoms with Crippen molar-refractivity contribution in [3.05, 3.63) is 48.1 Å². The molecule has 1 saturated heterocycles. The molecular weight excluding hydrogens is 366 g/mol. The molecule has 1 aliphatic heterocycles. The molecule has 2 atom stereocenters. The average Bonchev–Trinajstić information content (AvgIpc) is 2.53. The molecule has 1 aromatic carbocycles. The van der Waals surface area contributed by atoms with Gasteiger partial charge in [0.15, 0.2) is 0 Å². The molecule has 1 aliphatic rings. The second kappa shape index (κ2) is 6.87. The van der Waals surface area contributed by atoms with Crippen molar-refractivity contribution in [1.29, 1.82) is 0 Å². The Hall–Kier alpha value is -2.44. The van der Waals surface area contributed by atoms with Crippen LogP contribution >= 0.6 is 0 Å². The van der Waals surface area contributed by atoms with E-state index < -0.39 is 46.2 Å². The van der Waals surface area contributed by atoms with Crippen LogP contribution in [0.2, 0.25) is 0 Å². The van der Waals surface area contributed by atoms with Gasteiger partial charge in [0.25, 0.3) is 0 Å². The highest BCUT2D eigenvalue weighted by Crippen LogP contribution is 2.44. The first-order valence-corrected chi connectivity index (χ1v) is 9.09. The molecular formula is C21H28F2N2O3. The molecule has 0 aliphatic carbocycles. The number of carbonyl (C=O) groups is 2. The molecule has 0 saturated carbocycles. The third-order valence-corrected chi connectivity index (χ3v) is 5.52. The van der Waals surface area contributed by atoms with Crippen molar-refractivity contribution in [2.24, 2.45) is 5.41 Å². The molecule has 1 N–H and O–H groups in total. The van der Waals surface area contributed by atoms with Crippen molar-refractivity contribution in [1.82, 2.24) is 9.80 Å². The third kappa shape index (κ3) is 3.50. The minimum Gasteiger partial charge on any atom is -0.465 e. The van der Waals surface area contributed by atoms with Gasteiger partial charge in [0, 0.05) is 6.07 Å². The van der Waals surface area contributed by atoms with E-state index in [0.29, 0.717) is 0 Å². The van der Waals surface area contributed by atoms with Crippen LogP contribution < -0.4 is 0 Å². The minimum atomic E-state index is -1.34. The van der Waals surface area contributed by atoms with Crippen LogP contribution in [-0.4, -0.2) is 45.0 Å². The van der Waals surface area contributed by atoms with E-state index in [9.17, 15) is 23.5 Å². The first-order valence-electron chi connectivity index (χ1n) is 9.09. The van der Waals surface area contributed by atoms with Crippen molar-refractivity contribution >= 4 is 12.0 Å². The van der Waals surface area contributed by atoms with Gasteiger partial charge in [-0.05, 0) is 43.9 Å². The van der Waals surface area contributed by atoms with Gasteiger partial charge >= 0.3 is 6.09 Å². The SMILES string of the molecule is C=CC(N1C(=O)C(C)(C)N(C(=O)O)C[C@@]1(C)c1cc(F)cc(F)c1)C(C)(C)C. The smallest absolute Gasteiger partial charge is 0.408 e. The molecule has 0 bridgehead atoms. The molecule has 5 nitrogen and oxygen atoms in total. The summed E-state index contributed by atoms with van der Waals surface area (Å²) in [6.07, 6.45) is 0.352. The van der Waals surface area contributed by atoms with Gasteiger partial charge in [0.1, 0.15) is 17.2 Å². The fourth-order valence-electron chi connectivity index (χ4n) is 3.90. The fraction of sp³-hybridized carbons (Fsp3) is 0.524. The quantitative estimate of drug-likeness (QED) is 0.774. The van der Waals surface area contributed by atoms with Gasteiger partial charge in [-0.15, -0.1) is 6.58 Å². The monoisotopic (exact) mass is 394 g/mol. The number of rotatable bonds is 3. The van der Waals surface area contributed by atoms with Crippen LogP contribution in [0.1, 0.15) is 47.1 Å². The Labute approximate surface area is 164 Å². The Bertz CT molecular complexity index is 796. The number of piperazine rings is 1. The Morgan fingerprint density at radius 2 is 1.71 bits per heavy atom. The molecule has 0 spiro atoms. The van der Waals surface area contributed by atoms with E-state index in [0.717, 1.165) is 23.1 Å². The summed E-state index contributed by atoms with van der Waals surface area (Å²) in [6.45, 7) is 14.2. The Morgan fingerprint density at radius 1 is 1.21 bits per heavy atom. The summed E-state index contributed by atoms with van der Waals surface area (Å²) in [7, 11) is 0.